The zero-order chi connectivity index (χ0) is 30.0. The highest BCUT2D eigenvalue weighted by Gasteiger charge is 2.54. The number of hydrogen-bond acceptors (Lipinski definition) is 17. The van der Waals surface area contributed by atoms with Crippen molar-refractivity contribution in [3.8, 4) is 0 Å². The Morgan fingerprint density at radius 2 is 1.29 bits per heavy atom. The topological polar surface area (TPSA) is 302 Å². The smallest absolute Gasteiger partial charge is 0.187 e. The quantitative estimate of drug-likeness (QED) is 0.112. The Kier molecular flexibility index (Phi) is 11.7. The molecule has 17 atom stereocenters. The number of aliphatic hydroxyl groups excluding tert-OH is 4. The monoisotopic (exact) mass is 596 g/mol. The van der Waals surface area contributed by atoms with Gasteiger partial charge in [-0.05, 0) is 19.3 Å². The first-order valence-electron chi connectivity index (χ1n) is 14.1. The third kappa shape index (κ3) is 7.02. The maximum atomic E-state index is 11.2. The van der Waals surface area contributed by atoms with Gasteiger partial charge in [0.05, 0.1) is 24.8 Å². The zero-order valence-corrected chi connectivity index (χ0v) is 23.2. The summed E-state index contributed by atoms with van der Waals surface area (Å²) < 4.78 is 41.5. The first-order valence-corrected chi connectivity index (χ1v) is 14.1. The second-order valence-electron chi connectivity index (χ2n) is 11.2. The van der Waals surface area contributed by atoms with Crippen LogP contribution in [0.15, 0.2) is 0 Å². The van der Waals surface area contributed by atoms with E-state index in [0.29, 0.717) is 25.8 Å². The van der Waals surface area contributed by atoms with Gasteiger partial charge in [0.25, 0.3) is 0 Å². The van der Waals surface area contributed by atoms with Crippen molar-refractivity contribution >= 4 is 0 Å². The van der Waals surface area contributed by atoms with Crippen LogP contribution < -0.4 is 34.4 Å². The van der Waals surface area contributed by atoms with E-state index < -0.39 is 105 Å². The molecule has 4 aliphatic rings. The molecule has 1 saturated carbocycles. The molecule has 3 saturated heterocycles. The van der Waals surface area contributed by atoms with E-state index in [1.165, 1.54) is 7.11 Å². The minimum absolute atomic E-state index is 0.119. The summed E-state index contributed by atoms with van der Waals surface area (Å²) in [5.74, 6) is 0. The molecule has 0 aromatic rings. The number of nitrogens with two attached hydrogens (primary N) is 6. The lowest BCUT2D eigenvalue weighted by molar-refractivity contribution is -0.290. The van der Waals surface area contributed by atoms with Crippen molar-refractivity contribution in [3.05, 3.63) is 0 Å². The summed E-state index contributed by atoms with van der Waals surface area (Å²) >= 11 is 0. The molecule has 4 fully saturated rings. The van der Waals surface area contributed by atoms with Crippen LogP contribution in [-0.4, -0.2) is 151 Å². The lowest BCUT2D eigenvalue weighted by Gasteiger charge is -2.46. The molecule has 0 bridgehead atoms. The summed E-state index contributed by atoms with van der Waals surface area (Å²) in [6.45, 7) is -0.374. The van der Waals surface area contributed by atoms with Gasteiger partial charge in [0.2, 0.25) is 0 Å². The molecule has 4 rings (SSSR count). The van der Waals surface area contributed by atoms with Gasteiger partial charge >= 0.3 is 0 Å². The molecular weight excluding hydrogens is 548 g/mol. The van der Waals surface area contributed by atoms with Gasteiger partial charge in [0, 0.05) is 32.3 Å². The van der Waals surface area contributed by atoms with E-state index >= 15 is 0 Å². The van der Waals surface area contributed by atoms with Crippen molar-refractivity contribution in [2.75, 3.05) is 26.8 Å². The van der Waals surface area contributed by atoms with E-state index in [2.05, 4.69) is 0 Å². The van der Waals surface area contributed by atoms with Gasteiger partial charge in [-0.15, -0.1) is 0 Å². The van der Waals surface area contributed by atoms with Crippen LogP contribution in [0.3, 0.4) is 0 Å². The molecule has 1 aliphatic carbocycles. The molecule has 240 valence electrons. The van der Waals surface area contributed by atoms with Crippen LogP contribution >= 0.6 is 0 Å². The van der Waals surface area contributed by atoms with Crippen LogP contribution in [0.4, 0.5) is 0 Å². The molecule has 0 amide bonds. The fraction of sp³-hybridized carbons (Fsp3) is 1.00. The van der Waals surface area contributed by atoms with Gasteiger partial charge in [0.1, 0.15) is 54.9 Å². The standard InChI is InChI=1S/C24H48N6O11/c1-35-18-10(28)4-11(29)19(39-22-9(27)3-2-8(5-25)36-22)21(18)41-24-17(34)20(13(7-31)38-24)40-23-14(30)16(33)15(32)12(6-26)37-23/h8-24,31-34H,2-7,25-30H2,1H3. The fourth-order valence-electron chi connectivity index (χ4n) is 5.95. The van der Waals surface area contributed by atoms with E-state index in [1.54, 1.807) is 0 Å². The lowest BCUT2D eigenvalue weighted by Crippen LogP contribution is -2.66. The molecule has 17 unspecified atom stereocenters. The Balaban J connectivity index is 1.50. The maximum Gasteiger partial charge on any atom is 0.187 e. The molecule has 3 heterocycles. The first kappa shape index (κ1) is 33.2. The molecule has 3 aliphatic heterocycles. The van der Waals surface area contributed by atoms with Gasteiger partial charge in [-0.1, -0.05) is 0 Å². The average molecular weight is 597 g/mol. The Morgan fingerprint density at radius 1 is 0.659 bits per heavy atom. The zero-order valence-electron chi connectivity index (χ0n) is 23.2. The van der Waals surface area contributed by atoms with Crippen molar-refractivity contribution in [3.63, 3.8) is 0 Å². The summed E-state index contributed by atoms with van der Waals surface area (Å²) in [4.78, 5) is 0. The van der Waals surface area contributed by atoms with Gasteiger partial charge in [-0.2, -0.15) is 0 Å². The van der Waals surface area contributed by atoms with Crippen LogP contribution in [0.2, 0.25) is 0 Å². The van der Waals surface area contributed by atoms with Crippen molar-refractivity contribution in [2.24, 2.45) is 34.4 Å². The van der Waals surface area contributed by atoms with Crippen LogP contribution in [-0.2, 0) is 33.2 Å². The Labute approximate surface area is 238 Å². The first-order chi connectivity index (χ1) is 19.5. The summed E-state index contributed by atoms with van der Waals surface area (Å²) in [6.07, 6.45) is -11.9. The van der Waals surface area contributed by atoms with Crippen molar-refractivity contribution in [1.29, 1.82) is 0 Å². The van der Waals surface area contributed by atoms with E-state index in [0.717, 1.165) is 0 Å². The molecule has 0 spiro atoms. The molecule has 16 N–H and O–H groups in total. The Hall–Kier alpha value is -0.680. The van der Waals surface area contributed by atoms with Crippen molar-refractivity contribution in [1.82, 2.24) is 0 Å². The number of ether oxygens (including phenoxy) is 7. The molecule has 0 radical (unpaired) electrons. The van der Waals surface area contributed by atoms with Crippen molar-refractivity contribution < 1.29 is 53.6 Å². The van der Waals surface area contributed by atoms with Gasteiger partial charge in [-0.3, -0.25) is 0 Å². The second-order valence-corrected chi connectivity index (χ2v) is 11.2. The predicted molar refractivity (Wildman–Crippen MR) is 140 cm³/mol. The molecule has 41 heavy (non-hydrogen) atoms. The molecule has 0 aromatic carbocycles. The number of hydrogen-bond donors (Lipinski definition) is 10. The molecule has 0 aromatic heterocycles. The number of rotatable bonds is 10. The van der Waals surface area contributed by atoms with Gasteiger partial charge in [-0.25, -0.2) is 0 Å². The fourth-order valence-corrected chi connectivity index (χ4v) is 5.95. The highest BCUT2D eigenvalue weighted by atomic mass is 16.8. The third-order valence-electron chi connectivity index (χ3n) is 8.39. The van der Waals surface area contributed by atoms with E-state index in [4.69, 9.17) is 67.6 Å². The maximum absolute atomic E-state index is 11.2. The minimum Gasteiger partial charge on any atom is -0.394 e. The summed E-state index contributed by atoms with van der Waals surface area (Å²) in [6, 6.07) is -2.75. The second kappa shape index (κ2) is 14.4. The normalized spacial score (nSPS) is 51.1. The van der Waals surface area contributed by atoms with Crippen molar-refractivity contribution in [2.45, 2.75) is 123 Å². The van der Waals surface area contributed by atoms with E-state index in [9.17, 15) is 20.4 Å². The Morgan fingerprint density at radius 3 is 1.93 bits per heavy atom. The number of aliphatic hydroxyl groups is 4. The van der Waals surface area contributed by atoms with Crippen LogP contribution in [0, 0.1) is 0 Å². The number of methoxy groups -OCH3 is 1. The SMILES string of the molecule is COC1C(N)CC(N)C(OC2OC(CN)CCC2N)C1OC1OC(CO)C(OC2OC(CN)C(O)C(O)C2N)C1O. The van der Waals surface area contributed by atoms with Gasteiger partial charge < -0.3 is 88.0 Å². The molecule has 17 heteroatoms. The minimum atomic E-state index is -1.47. The summed E-state index contributed by atoms with van der Waals surface area (Å²) in [7, 11) is 1.46. The largest absolute Gasteiger partial charge is 0.394 e. The summed E-state index contributed by atoms with van der Waals surface area (Å²) in [5.41, 5.74) is 36.6. The summed E-state index contributed by atoms with van der Waals surface area (Å²) in [5, 5.41) is 41.7. The van der Waals surface area contributed by atoms with Gasteiger partial charge in [0.15, 0.2) is 18.9 Å². The van der Waals surface area contributed by atoms with Crippen LogP contribution in [0.1, 0.15) is 19.3 Å². The van der Waals surface area contributed by atoms with Crippen LogP contribution in [0.25, 0.3) is 0 Å². The highest BCUT2D eigenvalue weighted by Crippen LogP contribution is 2.34. The molecule has 17 nitrogen and oxygen atoms in total. The lowest BCUT2D eigenvalue weighted by atomic mass is 9.84. The average Bonchev–Trinajstić information content (AvgIpc) is 3.25. The van der Waals surface area contributed by atoms with E-state index in [-0.39, 0.29) is 12.6 Å². The molecular formula is C24H48N6O11. The predicted octanol–water partition coefficient (Wildman–Crippen LogP) is -6.18. The third-order valence-corrected chi connectivity index (χ3v) is 8.39. The Bertz CT molecular complexity index is 822. The van der Waals surface area contributed by atoms with Crippen LogP contribution in [0.5, 0.6) is 0 Å². The van der Waals surface area contributed by atoms with E-state index in [1.807, 2.05) is 0 Å². The highest BCUT2D eigenvalue weighted by molar-refractivity contribution is 5.02.